The van der Waals surface area contributed by atoms with Gasteiger partial charge in [0.1, 0.15) is 12.4 Å². The first-order chi connectivity index (χ1) is 17.5. The lowest BCUT2D eigenvalue weighted by Crippen LogP contribution is -2.29. The molecule has 0 spiro atoms. The molecule has 4 rings (SSSR count). The molecule has 1 aliphatic heterocycles. The van der Waals surface area contributed by atoms with Crippen LogP contribution in [0.2, 0.25) is 0 Å². The molecule has 0 aliphatic carbocycles. The number of hydrogen-bond donors (Lipinski definition) is 1. The molecule has 1 aromatic heterocycles. The molecule has 0 unspecified atom stereocenters. The van der Waals surface area contributed by atoms with Gasteiger partial charge in [-0.25, -0.2) is 0 Å². The van der Waals surface area contributed by atoms with Crippen molar-refractivity contribution in [3.8, 4) is 5.75 Å². The number of nitrogens with zero attached hydrogens (tertiary/aromatic N) is 3. The van der Waals surface area contributed by atoms with E-state index in [1.54, 1.807) is 0 Å². The Balaban J connectivity index is 1.53. The quantitative estimate of drug-likeness (QED) is 0.523. The molecule has 2 bridgehead atoms. The summed E-state index contributed by atoms with van der Waals surface area (Å²) >= 11 is 1.31. The molecule has 1 amide bonds. The van der Waals surface area contributed by atoms with E-state index in [-0.39, 0.29) is 5.91 Å². The van der Waals surface area contributed by atoms with Crippen molar-refractivity contribution in [2.75, 3.05) is 32.9 Å². The zero-order valence-electron chi connectivity index (χ0n) is 21.5. The number of aromatic nitrogens is 2. The zero-order valence-corrected chi connectivity index (χ0v) is 22.3. The van der Waals surface area contributed by atoms with Crippen molar-refractivity contribution in [3.63, 3.8) is 0 Å². The first-order valence-corrected chi connectivity index (χ1v) is 13.4. The summed E-state index contributed by atoms with van der Waals surface area (Å²) in [5.41, 5.74) is 4.95. The van der Waals surface area contributed by atoms with Gasteiger partial charge in [0, 0.05) is 25.1 Å². The molecule has 3 aromatic rings. The largest absolute Gasteiger partial charge is 0.491 e. The van der Waals surface area contributed by atoms with Crippen molar-refractivity contribution in [1.82, 2.24) is 19.8 Å². The summed E-state index contributed by atoms with van der Waals surface area (Å²) in [6.45, 7) is 11.4. The van der Waals surface area contributed by atoms with E-state index in [0.29, 0.717) is 44.3 Å². The number of ether oxygens (including phenoxy) is 2. The average molecular weight is 509 g/mol. The number of fused-ring (bicyclic) bond motifs is 3. The Morgan fingerprint density at radius 2 is 2.00 bits per heavy atom. The van der Waals surface area contributed by atoms with Crippen molar-refractivity contribution in [3.05, 3.63) is 75.3 Å². The maximum absolute atomic E-state index is 12.9. The number of amides is 1. The standard InChI is InChI=1S/C28H36N4O3S/c1-20(2)9-10-32-11-12-34-13-14-35-26-8-7-24(28(33)29-18-27-21(3)30-31-36-27)17-25(26)16-22-5-4-6-23(15-22)19-32/h4-8,15,17,20H,9-14,16,18-19H2,1-3H3,(H,29,33). The SMILES string of the molecule is Cc1nnsc1CNC(=O)c1ccc2c(c1)Cc1cccc(c1)CN(CCC(C)C)CCOCCO2. The van der Waals surface area contributed by atoms with Crippen LogP contribution >= 0.6 is 11.5 Å². The van der Waals surface area contributed by atoms with Gasteiger partial charge in [0.25, 0.3) is 5.91 Å². The van der Waals surface area contributed by atoms with Gasteiger partial charge in [0.05, 0.1) is 30.3 Å². The van der Waals surface area contributed by atoms with E-state index >= 15 is 0 Å². The lowest BCUT2D eigenvalue weighted by molar-refractivity contribution is 0.0764. The van der Waals surface area contributed by atoms with Gasteiger partial charge in [-0.05, 0) is 72.2 Å². The maximum Gasteiger partial charge on any atom is 0.251 e. The summed E-state index contributed by atoms with van der Waals surface area (Å²) in [7, 11) is 0. The molecule has 0 saturated heterocycles. The molecule has 2 heterocycles. The second kappa shape index (κ2) is 12.9. The molecule has 1 N–H and O–H groups in total. The fourth-order valence-corrected chi connectivity index (χ4v) is 4.78. The third-order valence-corrected chi connectivity index (χ3v) is 7.15. The molecular formula is C28H36N4O3S. The van der Waals surface area contributed by atoms with E-state index in [1.807, 2.05) is 25.1 Å². The summed E-state index contributed by atoms with van der Waals surface area (Å²) in [5.74, 6) is 1.34. The molecule has 0 radical (unpaired) electrons. The predicted octanol–water partition coefficient (Wildman–Crippen LogP) is 4.62. The van der Waals surface area contributed by atoms with Crippen LogP contribution in [0.1, 0.15) is 57.9 Å². The summed E-state index contributed by atoms with van der Waals surface area (Å²) in [5, 5.41) is 7.00. The summed E-state index contributed by atoms with van der Waals surface area (Å²) in [6.07, 6.45) is 1.86. The van der Waals surface area contributed by atoms with E-state index in [1.165, 1.54) is 29.1 Å². The fourth-order valence-electron chi connectivity index (χ4n) is 4.21. The van der Waals surface area contributed by atoms with Crippen LogP contribution in [-0.2, 0) is 24.2 Å². The van der Waals surface area contributed by atoms with E-state index in [4.69, 9.17) is 9.47 Å². The van der Waals surface area contributed by atoms with Crippen molar-refractivity contribution in [2.45, 2.75) is 46.7 Å². The Bertz CT molecular complexity index is 1150. The van der Waals surface area contributed by atoms with Gasteiger partial charge in [0.2, 0.25) is 0 Å². The predicted molar refractivity (Wildman–Crippen MR) is 143 cm³/mol. The number of rotatable bonds is 6. The van der Waals surface area contributed by atoms with Crippen LogP contribution in [0.5, 0.6) is 5.75 Å². The van der Waals surface area contributed by atoms with Crippen LogP contribution in [0.4, 0.5) is 0 Å². The third-order valence-electron chi connectivity index (χ3n) is 6.33. The highest BCUT2D eigenvalue weighted by atomic mass is 32.1. The molecule has 36 heavy (non-hydrogen) atoms. The normalized spacial score (nSPS) is 15.1. The maximum atomic E-state index is 12.9. The number of aryl methyl sites for hydroxylation is 1. The zero-order chi connectivity index (χ0) is 25.3. The average Bonchev–Trinajstić information content (AvgIpc) is 3.27. The van der Waals surface area contributed by atoms with Crippen molar-refractivity contribution >= 4 is 17.4 Å². The van der Waals surface area contributed by atoms with Gasteiger partial charge in [-0.2, -0.15) is 0 Å². The van der Waals surface area contributed by atoms with Gasteiger partial charge in [-0.1, -0.05) is 42.6 Å². The number of hydrogen-bond acceptors (Lipinski definition) is 7. The molecule has 0 fully saturated rings. The number of benzene rings is 2. The van der Waals surface area contributed by atoms with Crippen LogP contribution in [0.3, 0.4) is 0 Å². The first kappa shape index (κ1) is 26.3. The topological polar surface area (TPSA) is 76.6 Å². The van der Waals surface area contributed by atoms with Gasteiger partial charge in [-0.3, -0.25) is 9.69 Å². The number of carbonyl (C=O) groups is 1. The van der Waals surface area contributed by atoms with Crippen LogP contribution in [-0.4, -0.2) is 53.3 Å². The molecule has 192 valence electrons. The van der Waals surface area contributed by atoms with Crippen molar-refractivity contribution in [2.24, 2.45) is 5.92 Å². The minimum Gasteiger partial charge on any atom is -0.491 e. The molecule has 0 saturated carbocycles. The van der Waals surface area contributed by atoms with Crippen molar-refractivity contribution < 1.29 is 14.3 Å². The Labute approximate surface area is 218 Å². The summed E-state index contributed by atoms with van der Waals surface area (Å²) in [4.78, 5) is 16.3. The van der Waals surface area contributed by atoms with Gasteiger partial charge in [-0.15, -0.1) is 5.10 Å². The highest BCUT2D eigenvalue weighted by Gasteiger charge is 2.14. The lowest BCUT2D eigenvalue weighted by Gasteiger charge is -2.24. The summed E-state index contributed by atoms with van der Waals surface area (Å²) in [6, 6.07) is 14.4. The van der Waals surface area contributed by atoms with E-state index in [9.17, 15) is 4.79 Å². The summed E-state index contributed by atoms with van der Waals surface area (Å²) < 4.78 is 15.9. The van der Waals surface area contributed by atoms with Gasteiger partial charge >= 0.3 is 0 Å². The van der Waals surface area contributed by atoms with Crippen LogP contribution in [0.15, 0.2) is 42.5 Å². The van der Waals surface area contributed by atoms with E-state index < -0.39 is 0 Å². The Kier molecular flexibility index (Phi) is 9.44. The second-order valence-electron chi connectivity index (χ2n) is 9.70. The smallest absolute Gasteiger partial charge is 0.251 e. The number of carbonyl (C=O) groups excluding carboxylic acids is 1. The Morgan fingerprint density at radius 3 is 2.81 bits per heavy atom. The molecule has 7 nitrogen and oxygen atoms in total. The van der Waals surface area contributed by atoms with Crippen molar-refractivity contribution in [1.29, 1.82) is 0 Å². The number of nitrogens with one attached hydrogen (secondary N) is 1. The molecule has 2 aromatic carbocycles. The Hall–Kier alpha value is -2.81. The minimum atomic E-state index is -0.122. The van der Waals surface area contributed by atoms with E-state index in [0.717, 1.165) is 41.5 Å². The van der Waals surface area contributed by atoms with E-state index in [2.05, 4.69) is 57.9 Å². The minimum absolute atomic E-state index is 0.122. The second-order valence-corrected chi connectivity index (χ2v) is 10.5. The van der Waals surface area contributed by atoms with Crippen LogP contribution in [0.25, 0.3) is 0 Å². The Morgan fingerprint density at radius 1 is 1.14 bits per heavy atom. The fraction of sp³-hybridized carbons (Fsp3) is 0.464. The highest BCUT2D eigenvalue weighted by Crippen LogP contribution is 2.25. The molecule has 8 heteroatoms. The molecular weight excluding hydrogens is 472 g/mol. The monoisotopic (exact) mass is 508 g/mol. The first-order valence-electron chi connectivity index (χ1n) is 12.7. The lowest BCUT2D eigenvalue weighted by atomic mass is 9.99. The third kappa shape index (κ3) is 7.59. The molecule has 1 aliphatic rings. The van der Waals surface area contributed by atoms with Crippen LogP contribution < -0.4 is 10.1 Å². The van der Waals surface area contributed by atoms with Crippen LogP contribution in [0, 0.1) is 12.8 Å². The van der Waals surface area contributed by atoms with Gasteiger partial charge < -0.3 is 14.8 Å². The highest BCUT2D eigenvalue weighted by molar-refractivity contribution is 7.05. The van der Waals surface area contributed by atoms with Gasteiger partial charge in [0.15, 0.2) is 0 Å². The molecule has 0 atom stereocenters.